The predicted octanol–water partition coefficient (Wildman–Crippen LogP) is 3.80. The largest absolute Gasteiger partial charge is 0.496 e. The summed E-state index contributed by atoms with van der Waals surface area (Å²) in [7, 11) is 1.66. The molecule has 0 radical (unpaired) electrons. The second-order valence-electron chi connectivity index (χ2n) is 5.29. The van der Waals surface area contributed by atoms with Crippen molar-refractivity contribution in [1.29, 1.82) is 0 Å². The predicted molar refractivity (Wildman–Crippen MR) is 85.4 cm³/mol. The number of benzene rings is 2. The van der Waals surface area contributed by atoms with Gasteiger partial charge in [-0.15, -0.1) is 0 Å². The molecule has 3 rings (SSSR count). The van der Waals surface area contributed by atoms with Gasteiger partial charge in [-0.1, -0.05) is 17.7 Å². The van der Waals surface area contributed by atoms with Crippen LogP contribution in [0.4, 0.5) is 5.69 Å². The first-order valence-corrected chi connectivity index (χ1v) is 6.87. The number of nitrogens with one attached hydrogen (secondary N) is 1. The van der Waals surface area contributed by atoms with E-state index in [1.807, 2.05) is 56.3 Å². The average Bonchev–Trinajstić information content (AvgIpc) is 2.75. The maximum atomic E-state index is 12.2. The highest BCUT2D eigenvalue weighted by Gasteiger charge is 2.23. The van der Waals surface area contributed by atoms with Crippen LogP contribution in [-0.2, 0) is 4.79 Å². The number of anilines is 1. The van der Waals surface area contributed by atoms with Crippen LogP contribution >= 0.6 is 0 Å². The summed E-state index contributed by atoms with van der Waals surface area (Å²) >= 11 is 0. The number of carbonyl (C=O) groups excluding carboxylic acids is 1. The lowest BCUT2D eigenvalue weighted by atomic mass is 10.0. The van der Waals surface area contributed by atoms with Gasteiger partial charge in [-0.2, -0.15) is 0 Å². The molecular weight excluding hydrogens is 262 g/mol. The van der Waals surface area contributed by atoms with Crippen LogP contribution < -0.4 is 10.1 Å². The number of carbonyl (C=O) groups is 1. The molecule has 0 aromatic heterocycles. The van der Waals surface area contributed by atoms with Crippen molar-refractivity contribution < 1.29 is 9.53 Å². The standard InChI is InChI=1S/C18H17NO2/c1-11-4-6-16-14(8-11)15(18(20)19-16)10-13-5-7-17(21-3)12(2)9-13/h4-10H,1-3H3,(H,19,20)/b15-10+. The number of rotatable bonds is 2. The summed E-state index contributed by atoms with van der Waals surface area (Å²) in [4.78, 5) is 12.2. The van der Waals surface area contributed by atoms with Gasteiger partial charge in [0, 0.05) is 16.8 Å². The topological polar surface area (TPSA) is 38.3 Å². The maximum Gasteiger partial charge on any atom is 0.256 e. The second kappa shape index (κ2) is 5.09. The van der Waals surface area contributed by atoms with Crippen molar-refractivity contribution in [3.8, 4) is 5.75 Å². The summed E-state index contributed by atoms with van der Waals surface area (Å²) in [5.74, 6) is 0.799. The monoisotopic (exact) mass is 279 g/mol. The SMILES string of the molecule is COc1ccc(/C=C2/C(=O)Nc3ccc(C)cc32)cc1C. The fraction of sp³-hybridized carbons (Fsp3) is 0.167. The van der Waals surface area contributed by atoms with Crippen molar-refractivity contribution in [2.75, 3.05) is 12.4 Å². The van der Waals surface area contributed by atoms with Gasteiger partial charge < -0.3 is 10.1 Å². The van der Waals surface area contributed by atoms with Gasteiger partial charge in [0.15, 0.2) is 0 Å². The normalized spacial score (nSPS) is 15.0. The quantitative estimate of drug-likeness (QED) is 0.849. The minimum Gasteiger partial charge on any atom is -0.496 e. The Kier molecular flexibility index (Phi) is 3.26. The lowest BCUT2D eigenvalue weighted by Crippen LogP contribution is -2.03. The summed E-state index contributed by atoms with van der Waals surface area (Å²) < 4.78 is 5.26. The molecule has 0 atom stereocenters. The highest BCUT2D eigenvalue weighted by atomic mass is 16.5. The molecule has 1 aliphatic heterocycles. The van der Waals surface area contributed by atoms with Crippen molar-refractivity contribution >= 4 is 23.2 Å². The van der Waals surface area contributed by atoms with Crippen LogP contribution in [0.5, 0.6) is 5.75 Å². The summed E-state index contributed by atoms with van der Waals surface area (Å²) in [6.07, 6.45) is 1.92. The van der Waals surface area contributed by atoms with E-state index in [2.05, 4.69) is 5.32 Å². The molecule has 2 aromatic rings. The molecule has 1 aliphatic rings. The summed E-state index contributed by atoms with van der Waals surface area (Å²) in [5, 5.41) is 2.90. The molecular formula is C18H17NO2. The molecule has 0 fully saturated rings. The van der Waals surface area contributed by atoms with Crippen LogP contribution in [0, 0.1) is 13.8 Å². The van der Waals surface area contributed by atoms with Crippen molar-refractivity contribution in [3.63, 3.8) is 0 Å². The van der Waals surface area contributed by atoms with E-state index in [-0.39, 0.29) is 5.91 Å². The third-order valence-electron chi connectivity index (χ3n) is 3.69. The molecule has 0 spiro atoms. The summed E-state index contributed by atoms with van der Waals surface area (Å²) in [6, 6.07) is 11.9. The van der Waals surface area contributed by atoms with E-state index < -0.39 is 0 Å². The van der Waals surface area contributed by atoms with E-state index in [0.717, 1.165) is 33.7 Å². The third kappa shape index (κ3) is 2.42. The van der Waals surface area contributed by atoms with Crippen molar-refractivity contribution in [2.45, 2.75) is 13.8 Å². The van der Waals surface area contributed by atoms with E-state index in [9.17, 15) is 4.79 Å². The lowest BCUT2D eigenvalue weighted by molar-refractivity contribution is -0.110. The first-order valence-electron chi connectivity index (χ1n) is 6.87. The molecule has 1 heterocycles. The molecule has 1 N–H and O–H groups in total. The van der Waals surface area contributed by atoms with Gasteiger partial charge in [0.1, 0.15) is 5.75 Å². The molecule has 0 saturated heterocycles. The molecule has 1 amide bonds. The number of hydrogen-bond donors (Lipinski definition) is 1. The number of aryl methyl sites for hydroxylation is 2. The van der Waals surface area contributed by atoms with Gasteiger partial charge in [0.25, 0.3) is 5.91 Å². The number of hydrogen-bond acceptors (Lipinski definition) is 2. The van der Waals surface area contributed by atoms with Crippen LogP contribution in [0.3, 0.4) is 0 Å². The zero-order valence-corrected chi connectivity index (χ0v) is 12.4. The third-order valence-corrected chi connectivity index (χ3v) is 3.69. The number of fused-ring (bicyclic) bond motifs is 1. The van der Waals surface area contributed by atoms with Gasteiger partial charge in [-0.3, -0.25) is 4.79 Å². The Morgan fingerprint density at radius 2 is 1.90 bits per heavy atom. The van der Waals surface area contributed by atoms with E-state index in [0.29, 0.717) is 5.57 Å². The highest BCUT2D eigenvalue weighted by Crippen LogP contribution is 2.34. The van der Waals surface area contributed by atoms with Gasteiger partial charge >= 0.3 is 0 Å². The fourth-order valence-electron chi connectivity index (χ4n) is 2.60. The Bertz CT molecular complexity index is 760. The van der Waals surface area contributed by atoms with Crippen molar-refractivity contribution in [3.05, 3.63) is 58.7 Å². The minimum absolute atomic E-state index is 0.0518. The number of ether oxygens (including phenoxy) is 1. The Morgan fingerprint density at radius 1 is 1.10 bits per heavy atom. The Hall–Kier alpha value is -2.55. The van der Waals surface area contributed by atoms with E-state index in [4.69, 9.17) is 4.74 Å². The minimum atomic E-state index is -0.0518. The molecule has 0 bridgehead atoms. The molecule has 21 heavy (non-hydrogen) atoms. The lowest BCUT2D eigenvalue weighted by Gasteiger charge is -2.05. The molecule has 3 heteroatoms. The van der Waals surface area contributed by atoms with Gasteiger partial charge in [0.05, 0.1) is 7.11 Å². The number of amides is 1. The van der Waals surface area contributed by atoms with Crippen LogP contribution in [0.15, 0.2) is 36.4 Å². The van der Waals surface area contributed by atoms with E-state index >= 15 is 0 Å². The highest BCUT2D eigenvalue weighted by molar-refractivity contribution is 6.34. The summed E-state index contributed by atoms with van der Waals surface area (Å²) in [6.45, 7) is 4.02. The molecule has 2 aromatic carbocycles. The van der Waals surface area contributed by atoms with Crippen LogP contribution in [0.2, 0.25) is 0 Å². The molecule has 0 saturated carbocycles. The first kappa shape index (κ1) is 13.4. The molecule has 0 unspecified atom stereocenters. The smallest absolute Gasteiger partial charge is 0.256 e. The number of methoxy groups -OCH3 is 1. The van der Waals surface area contributed by atoms with Crippen LogP contribution in [0.25, 0.3) is 11.6 Å². The first-order chi connectivity index (χ1) is 10.1. The molecule has 3 nitrogen and oxygen atoms in total. The van der Waals surface area contributed by atoms with Gasteiger partial charge in [-0.25, -0.2) is 0 Å². The fourth-order valence-corrected chi connectivity index (χ4v) is 2.60. The van der Waals surface area contributed by atoms with Crippen molar-refractivity contribution in [1.82, 2.24) is 0 Å². The van der Waals surface area contributed by atoms with Crippen LogP contribution in [-0.4, -0.2) is 13.0 Å². The molecule has 0 aliphatic carbocycles. The van der Waals surface area contributed by atoms with E-state index in [1.54, 1.807) is 7.11 Å². The zero-order chi connectivity index (χ0) is 15.0. The Morgan fingerprint density at radius 3 is 2.62 bits per heavy atom. The average molecular weight is 279 g/mol. The summed E-state index contributed by atoms with van der Waals surface area (Å²) in [5.41, 5.74) is 5.73. The van der Waals surface area contributed by atoms with Gasteiger partial charge in [-0.05, 0) is 55.3 Å². The Balaban J connectivity index is 2.06. The second-order valence-corrected chi connectivity index (χ2v) is 5.29. The molecule has 106 valence electrons. The van der Waals surface area contributed by atoms with Crippen LogP contribution in [0.1, 0.15) is 22.3 Å². The Labute approximate surface area is 124 Å². The van der Waals surface area contributed by atoms with E-state index in [1.165, 1.54) is 0 Å². The van der Waals surface area contributed by atoms with Crippen molar-refractivity contribution in [2.24, 2.45) is 0 Å². The maximum absolute atomic E-state index is 12.2. The zero-order valence-electron chi connectivity index (χ0n) is 12.4. The van der Waals surface area contributed by atoms with Gasteiger partial charge in [0.2, 0.25) is 0 Å².